The summed E-state index contributed by atoms with van der Waals surface area (Å²) in [5.41, 5.74) is 4.52. The third-order valence-corrected chi connectivity index (χ3v) is 6.56. The molecule has 1 atom stereocenters. The topological polar surface area (TPSA) is 92.9 Å². The lowest BCUT2D eigenvalue weighted by Gasteiger charge is -2.36. The van der Waals surface area contributed by atoms with Gasteiger partial charge in [-0.2, -0.15) is 0 Å². The molecule has 1 aliphatic heterocycles. The highest BCUT2D eigenvalue weighted by Gasteiger charge is 2.33. The molecule has 4 rings (SSSR count). The smallest absolute Gasteiger partial charge is 0.305 e. The average Bonchev–Trinajstić information content (AvgIpc) is 3.26. The van der Waals surface area contributed by atoms with E-state index in [9.17, 15) is 9.59 Å². The van der Waals surface area contributed by atoms with E-state index in [1.165, 1.54) is 18.1 Å². The molecule has 35 heavy (non-hydrogen) atoms. The molecule has 2 heterocycles. The number of nitrogens with zero attached hydrogens (tertiary/aromatic N) is 1. The van der Waals surface area contributed by atoms with Crippen LogP contribution in [0.15, 0.2) is 42.5 Å². The van der Waals surface area contributed by atoms with Crippen LogP contribution in [0.4, 0.5) is 0 Å². The first-order chi connectivity index (χ1) is 17.0. The average molecular weight is 480 g/mol. The maximum absolute atomic E-state index is 12.8. The fraction of sp³-hybridized carbons (Fsp3) is 0.407. The second kappa shape index (κ2) is 11.3. The van der Waals surface area contributed by atoms with E-state index in [0.29, 0.717) is 30.9 Å². The maximum Gasteiger partial charge on any atom is 0.305 e. The number of hydrogen-bond acceptors (Lipinski definition) is 6. The van der Waals surface area contributed by atoms with Crippen molar-refractivity contribution in [3.8, 4) is 11.5 Å². The summed E-state index contributed by atoms with van der Waals surface area (Å²) >= 11 is 0. The molecule has 8 heteroatoms. The third kappa shape index (κ3) is 5.43. The van der Waals surface area contributed by atoms with Crippen molar-refractivity contribution in [1.29, 1.82) is 0 Å². The molecule has 2 N–H and O–H groups in total. The van der Waals surface area contributed by atoms with Gasteiger partial charge in [-0.1, -0.05) is 24.3 Å². The van der Waals surface area contributed by atoms with Crippen LogP contribution >= 0.6 is 0 Å². The number of fused-ring (bicyclic) bond motifs is 3. The zero-order chi connectivity index (χ0) is 24.8. The zero-order valence-corrected chi connectivity index (χ0v) is 20.6. The first kappa shape index (κ1) is 24.6. The van der Waals surface area contributed by atoms with Crippen LogP contribution in [0, 0.1) is 0 Å². The number of carbonyl (C=O) groups is 2. The van der Waals surface area contributed by atoms with Gasteiger partial charge in [0.15, 0.2) is 11.5 Å². The number of aromatic nitrogens is 1. The molecule has 1 unspecified atom stereocenters. The molecule has 0 radical (unpaired) electrons. The second-order valence-electron chi connectivity index (χ2n) is 8.68. The Kier molecular flexibility index (Phi) is 7.92. The van der Waals surface area contributed by atoms with Crippen LogP contribution < -0.4 is 14.8 Å². The van der Waals surface area contributed by atoms with Crippen molar-refractivity contribution in [1.82, 2.24) is 15.2 Å². The predicted octanol–water partition coefficient (Wildman–Crippen LogP) is 3.59. The van der Waals surface area contributed by atoms with E-state index in [4.69, 9.17) is 9.47 Å². The van der Waals surface area contributed by atoms with Crippen molar-refractivity contribution >= 4 is 22.8 Å². The predicted molar refractivity (Wildman–Crippen MR) is 134 cm³/mol. The number of rotatable bonds is 10. The van der Waals surface area contributed by atoms with Crippen molar-refractivity contribution in [2.75, 3.05) is 41.0 Å². The second-order valence-corrected chi connectivity index (χ2v) is 8.68. The number of unbranched alkanes of at least 4 members (excludes halogenated alkanes) is 1. The Labute approximate surface area is 205 Å². The minimum Gasteiger partial charge on any atom is -0.493 e. The molecule has 2 aromatic carbocycles. The molecule has 1 amide bonds. The van der Waals surface area contributed by atoms with E-state index in [-0.39, 0.29) is 24.5 Å². The fourth-order valence-electron chi connectivity index (χ4n) is 4.83. The van der Waals surface area contributed by atoms with E-state index in [1.54, 1.807) is 14.2 Å². The van der Waals surface area contributed by atoms with E-state index >= 15 is 0 Å². The molecule has 1 aromatic heterocycles. The van der Waals surface area contributed by atoms with Gasteiger partial charge in [-0.25, -0.2) is 0 Å². The summed E-state index contributed by atoms with van der Waals surface area (Å²) in [6, 6.07) is 14.1. The molecule has 0 bridgehead atoms. The standard InChI is InChI=1S/C27H33N3O5/c1-33-22-12-11-18(16-23(22)34-2)27-26-20(19-8-4-5-9-21(19)29-26)13-15-30(27)17-24(31)28-14-7-6-10-25(32)35-3/h4-5,8-9,11-12,16,27,29H,6-7,10,13-15,17H2,1-3H3,(H,28,31). The monoisotopic (exact) mass is 479 g/mol. The van der Waals surface area contributed by atoms with Crippen LogP contribution in [-0.2, 0) is 20.7 Å². The first-order valence-corrected chi connectivity index (χ1v) is 11.9. The van der Waals surface area contributed by atoms with Gasteiger partial charge in [0, 0.05) is 36.1 Å². The molecular weight excluding hydrogens is 446 g/mol. The summed E-state index contributed by atoms with van der Waals surface area (Å²) in [6.07, 6.45) is 2.63. The number of amides is 1. The lowest BCUT2D eigenvalue weighted by molar-refractivity contribution is -0.140. The Morgan fingerprint density at radius 3 is 2.63 bits per heavy atom. The fourth-order valence-corrected chi connectivity index (χ4v) is 4.83. The van der Waals surface area contributed by atoms with Gasteiger partial charge in [-0.05, 0) is 48.6 Å². The van der Waals surface area contributed by atoms with Crippen molar-refractivity contribution in [3.63, 3.8) is 0 Å². The molecule has 0 aliphatic carbocycles. The minimum absolute atomic E-state index is 0.0342. The maximum atomic E-state index is 12.8. The molecule has 0 spiro atoms. The lowest BCUT2D eigenvalue weighted by Crippen LogP contribution is -2.43. The number of hydrogen-bond donors (Lipinski definition) is 2. The first-order valence-electron chi connectivity index (χ1n) is 11.9. The summed E-state index contributed by atoms with van der Waals surface area (Å²) < 4.78 is 15.7. The Balaban J connectivity index is 1.56. The van der Waals surface area contributed by atoms with E-state index in [1.807, 2.05) is 24.3 Å². The summed E-state index contributed by atoms with van der Waals surface area (Å²) in [6.45, 7) is 1.55. The number of carbonyl (C=O) groups excluding carboxylic acids is 2. The molecule has 1 aliphatic rings. The Morgan fingerprint density at radius 1 is 1.06 bits per heavy atom. The summed E-state index contributed by atoms with van der Waals surface area (Å²) in [5, 5.41) is 4.22. The largest absolute Gasteiger partial charge is 0.493 e. The van der Waals surface area contributed by atoms with Gasteiger partial charge in [0.2, 0.25) is 5.91 Å². The number of benzene rings is 2. The zero-order valence-electron chi connectivity index (χ0n) is 20.6. The Bertz CT molecular complexity index is 1190. The molecule has 0 saturated carbocycles. The summed E-state index contributed by atoms with van der Waals surface area (Å²) in [5.74, 6) is 1.06. The van der Waals surface area contributed by atoms with Crippen LogP contribution in [0.25, 0.3) is 10.9 Å². The number of nitrogens with one attached hydrogen (secondary N) is 2. The van der Waals surface area contributed by atoms with E-state index in [0.717, 1.165) is 36.2 Å². The minimum atomic E-state index is -0.225. The Hall–Kier alpha value is -3.52. The van der Waals surface area contributed by atoms with Gasteiger partial charge in [0.05, 0.1) is 33.9 Å². The van der Waals surface area contributed by atoms with Gasteiger partial charge in [-0.3, -0.25) is 14.5 Å². The molecule has 8 nitrogen and oxygen atoms in total. The van der Waals surface area contributed by atoms with Gasteiger partial charge in [0.25, 0.3) is 0 Å². The number of aromatic amines is 1. The van der Waals surface area contributed by atoms with Crippen LogP contribution in [-0.4, -0.2) is 62.7 Å². The third-order valence-electron chi connectivity index (χ3n) is 6.56. The number of esters is 1. The van der Waals surface area contributed by atoms with Crippen molar-refractivity contribution in [2.45, 2.75) is 31.7 Å². The van der Waals surface area contributed by atoms with Crippen LogP contribution in [0.1, 0.15) is 42.1 Å². The van der Waals surface area contributed by atoms with Crippen LogP contribution in [0.2, 0.25) is 0 Å². The highest BCUT2D eigenvalue weighted by molar-refractivity contribution is 5.85. The normalized spacial score (nSPS) is 15.5. The number of H-pyrrole nitrogens is 1. The van der Waals surface area contributed by atoms with Crippen LogP contribution in [0.3, 0.4) is 0 Å². The quantitative estimate of drug-likeness (QED) is 0.341. The molecular formula is C27H33N3O5. The van der Waals surface area contributed by atoms with Crippen molar-refractivity contribution in [2.24, 2.45) is 0 Å². The van der Waals surface area contributed by atoms with Crippen molar-refractivity contribution < 1.29 is 23.8 Å². The van der Waals surface area contributed by atoms with E-state index in [2.05, 4.69) is 38.1 Å². The lowest BCUT2D eigenvalue weighted by atomic mass is 9.92. The highest BCUT2D eigenvalue weighted by atomic mass is 16.5. The summed E-state index contributed by atoms with van der Waals surface area (Å²) in [7, 11) is 4.63. The number of methoxy groups -OCH3 is 3. The SMILES string of the molecule is COC(=O)CCCCNC(=O)CN1CCc2c([nH]c3ccccc23)C1c1ccc(OC)c(OC)c1. The summed E-state index contributed by atoms with van der Waals surface area (Å²) in [4.78, 5) is 29.9. The van der Waals surface area contributed by atoms with Crippen molar-refractivity contribution in [3.05, 3.63) is 59.3 Å². The van der Waals surface area contributed by atoms with Gasteiger partial charge < -0.3 is 24.5 Å². The molecule has 0 fully saturated rings. The molecule has 0 saturated heterocycles. The Morgan fingerprint density at radius 2 is 1.86 bits per heavy atom. The van der Waals surface area contributed by atoms with Crippen LogP contribution in [0.5, 0.6) is 11.5 Å². The number of ether oxygens (including phenoxy) is 3. The number of para-hydroxylation sites is 1. The van der Waals surface area contributed by atoms with E-state index < -0.39 is 0 Å². The highest BCUT2D eigenvalue weighted by Crippen LogP contribution is 2.40. The van der Waals surface area contributed by atoms with Gasteiger partial charge >= 0.3 is 5.97 Å². The van der Waals surface area contributed by atoms with Gasteiger partial charge in [-0.15, -0.1) is 0 Å². The molecule has 186 valence electrons. The molecule has 3 aromatic rings. The van der Waals surface area contributed by atoms with Gasteiger partial charge in [0.1, 0.15) is 0 Å².